The van der Waals surface area contributed by atoms with E-state index in [1.165, 1.54) is 23.3 Å². The van der Waals surface area contributed by atoms with Gasteiger partial charge in [-0.15, -0.1) is 11.8 Å². The van der Waals surface area contributed by atoms with Crippen molar-refractivity contribution in [2.75, 3.05) is 6.26 Å². The van der Waals surface area contributed by atoms with Crippen LogP contribution < -0.4 is 5.73 Å². The van der Waals surface area contributed by atoms with Gasteiger partial charge in [-0.3, -0.25) is 0 Å². The second-order valence-corrected chi connectivity index (χ2v) is 5.57. The van der Waals surface area contributed by atoms with Gasteiger partial charge in [0.05, 0.1) is 0 Å². The van der Waals surface area contributed by atoms with Gasteiger partial charge in [0.1, 0.15) is 0 Å². The molecule has 1 unspecified atom stereocenters. The minimum absolute atomic E-state index is 0.198. The second-order valence-electron chi connectivity index (χ2n) is 4.29. The van der Waals surface area contributed by atoms with Gasteiger partial charge < -0.3 is 5.73 Å². The summed E-state index contributed by atoms with van der Waals surface area (Å²) in [7, 11) is 0. The summed E-state index contributed by atoms with van der Waals surface area (Å²) in [5.74, 6) is 0. The summed E-state index contributed by atoms with van der Waals surface area (Å²) in [5, 5.41) is 0.815. The van der Waals surface area contributed by atoms with E-state index in [0.29, 0.717) is 0 Å². The number of thioether (sulfide) groups is 1. The standard InChI is InChI=1S/C12H16ClNS/c1-8(14)12(5-6-12)10-7-9(13)3-4-11(10)15-2/h3-4,7-8H,5-6,14H2,1-2H3. The van der Waals surface area contributed by atoms with Crippen molar-refractivity contribution in [3.05, 3.63) is 28.8 Å². The average Bonchev–Trinajstić information content (AvgIpc) is 2.98. The predicted molar refractivity (Wildman–Crippen MR) is 67.8 cm³/mol. The van der Waals surface area contributed by atoms with E-state index < -0.39 is 0 Å². The zero-order valence-corrected chi connectivity index (χ0v) is 10.7. The third-order valence-electron chi connectivity index (χ3n) is 3.36. The summed E-state index contributed by atoms with van der Waals surface area (Å²) >= 11 is 7.84. The van der Waals surface area contributed by atoms with Crippen molar-refractivity contribution in [2.45, 2.75) is 36.1 Å². The van der Waals surface area contributed by atoms with Crippen molar-refractivity contribution < 1.29 is 0 Å². The zero-order valence-electron chi connectivity index (χ0n) is 9.09. The van der Waals surface area contributed by atoms with E-state index >= 15 is 0 Å². The van der Waals surface area contributed by atoms with Crippen molar-refractivity contribution in [1.29, 1.82) is 0 Å². The lowest BCUT2D eigenvalue weighted by Crippen LogP contribution is -2.32. The molecule has 0 spiro atoms. The number of rotatable bonds is 3. The van der Waals surface area contributed by atoms with E-state index in [9.17, 15) is 0 Å². The van der Waals surface area contributed by atoms with Gasteiger partial charge in [-0.25, -0.2) is 0 Å². The number of benzene rings is 1. The van der Waals surface area contributed by atoms with Crippen LogP contribution >= 0.6 is 23.4 Å². The van der Waals surface area contributed by atoms with Gasteiger partial charge in [-0.2, -0.15) is 0 Å². The van der Waals surface area contributed by atoms with Crippen molar-refractivity contribution >= 4 is 23.4 Å². The van der Waals surface area contributed by atoms with Crippen LogP contribution in [0, 0.1) is 0 Å². The Balaban J connectivity index is 2.46. The van der Waals surface area contributed by atoms with Crippen molar-refractivity contribution in [2.24, 2.45) is 5.73 Å². The molecule has 1 aliphatic rings. The highest BCUT2D eigenvalue weighted by molar-refractivity contribution is 7.98. The Bertz CT molecular complexity index is 372. The van der Waals surface area contributed by atoms with Crippen LogP contribution in [0.1, 0.15) is 25.3 Å². The third-order valence-corrected chi connectivity index (χ3v) is 4.39. The Morgan fingerprint density at radius 2 is 2.13 bits per heavy atom. The number of nitrogens with two attached hydrogens (primary N) is 1. The molecule has 0 aromatic heterocycles. The molecule has 1 nitrogen and oxygen atoms in total. The van der Waals surface area contributed by atoms with Gasteiger partial charge >= 0.3 is 0 Å². The third kappa shape index (κ3) is 1.91. The first-order chi connectivity index (χ1) is 7.10. The number of hydrogen-bond acceptors (Lipinski definition) is 2. The molecule has 0 heterocycles. The summed E-state index contributed by atoms with van der Waals surface area (Å²) in [6.07, 6.45) is 4.49. The topological polar surface area (TPSA) is 26.0 Å². The highest BCUT2D eigenvalue weighted by atomic mass is 35.5. The van der Waals surface area contributed by atoms with E-state index in [1.54, 1.807) is 11.8 Å². The maximum atomic E-state index is 6.09. The highest BCUT2D eigenvalue weighted by Crippen LogP contribution is 2.53. The van der Waals surface area contributed by atoms with E-state index in [-0.39, 0.29) is 11.5 Å². The molecule has 1 aliphatic carbocycles. The largest absolute Gasteiger partial charge is 0.327 e. The van der Waals surface area contributed by atoms with Gasteiger partial charge in [0.15, 0.2) is 0 Å². The molecule has 0 aliphatic heterocycles. The summed E-state index contributed by atoms with van der Waals surface area (Å²) in [5.41, 5.74) is 7.63. The van der Waals surface area contributed by atoms with Crippen molar-refractivity contribution in [3.8, 4) is 0 Å². The molecule has 1 atom stereocenters. The van der Waals surface area contributed by atoms with Crippen LogP contribution in [-0.2, 0) is 5.41 Å². The normalized spacial score (nSPS) is 20.0. The second kappa shape index (κ2) is 4.00. The monoisotopic (exact) mass is 241 g/mol. The first-order valence-electron chi connectivity index (χ1n) is 5.20. The first-order valence-corrected chi connectivity index (χ1v) is 6.80. The molecule has 2 N–H and O–H groups in total. The van der Waals surface area contributed by atoms with Crippen LogP contribution in [-0.4, -0.2) is 12.3 Å². The van der Waals surface area contributed by atoms with E-state index in [2.05, 4.69) is 25.3 Å². The molecule has 1 saturated carbocycles. The predicted octanol–water partition coefficient (Wildman–Crippen LogP) is 3.44. The Kier molecular flexibility index (Phi) is 3.02. The SMILES string of the molecule is CSc1ccc(Cl)cc1C1(C(C)N)CC1. The van der Waals surface area contributed by atoms with E-state index in [1.807, 2.05) is 6.07 Å². The van der Waals surface area contributed by atoms with Gasteiger partial charge in [0.25, 0.3) is 0 Å². The van der Waals surface area contributed by atoms with Gasteiger partial charge in [-0.05, 0) is 49.8 Å². The fourth-order valence-electron chi connectivity index (χ4n) is 2.17. The van der Waals surface area contributed by atoms with Crippen LogP contribution in [0.5, 0.6) is 0 Å². The molecule has 1 aromatic rings. The number of hydrogen-bond donors (Lipinski definition) is 1. The minimum Gasteiger partial charge on any atom is -0.327 e. The van der Waals surface area contributed by atoms with Gasteiger partial charge in [-0.1, -0.05) is 11.6 Å². The first kappa shape index (κ1) is 11.3. The molecule has 1 aromatic carbocycles. The smallest absolute Gasteiger partial charge is 0.0409 e. The lowest BCUT2D eigenvalue weighted by molar-refractivity contribution is 0.548. The fraction of sp³-hybridized carbons (Fsp3) is 0.500. The lowest BCUT2D eigenvalue weighted by Gasteiger charge is -2.22. The molecule has 0 amide bonds. The van der Waals surface area contributed by atoms with Crippen LogP contribution in [0.3, 0.4) is 0 Å². The maximum Gasteiger partial charge on any atom is 0.0409 e. The molecule has 15 heavy (non-hydrogen) atoms. The summed E-state index contributed by atoms with van der Waals surface area (Å²) < 4.78 is 0. The van der Waals surface area contributed by atoms with Crippen LogP contribution in [0.2, 0.25) is 5.02 Å². The Morgan fingerprint density at radius 3 is 2.60 bits per heavy atom. The molecule has 1 fully saturated rings. The summed E-state index contributed by atoms with van der Waals surface area (Å²) in [6.45, 7) is 2.10. The van der Waals surface area contributed by atoms with Crippen molar-refractivity contribution in [1.82, 2.24) is 0 Å². The van der Waals surface area contributed by atoms with Crippen molar-refractivity contribution in [3.63, 3.8) is 0 Å². The Morgan fingerprint density at radius 1 is 1.47 bits per heavy atom. The lowest BCUT2D eigenvalue weighted by atomic mass is 9.89. The molecule has 0 saturated heterocycles. The highest BCUT2D eigenvalue weighted by Gasteiger charge is 2.48. The van der Waals surface area contributed by atoms with Gasteiger partial charge in [0, 0.05) is 21.4 Å². The maximum absolute atomic E-state index is 6.09. The zero-order chi connectivity index (χ0) is 11.1. The summed E-state index contributed by atoms with van der Waals surface area (Å²) in [6, 6.07) is 6.35. The molecule has 82 valence electrons. The molecular weight excluding hydrogens is 226 g/mol. The van der Waals surface area contributed by atoms with Gasteiger partial charge in [0.2, 0.25) is 0 Å². The molecular formula is C12H16ClNS. The molecule has 2 rings (SSSR count). The Hall–Kier alpha value is -0.180. The number of halogens is 1. The molecule has 0 radical (unpaired) electrons. The fourth-order valence-corrected chi connectivity index (χ4v) is 3.03. The average molecular weight is 242 g/mol. The molecule has 3 heteroatoms. The summed E-state index contributed by atoms with van der Waals surface area (Å²) in [4.78, 5) is 1.31. The molecule has 0 bridgehead atoms. The minimum atomic E-state index is 0.198. The van der Waals surface area contributed by atoms with E-state index in [0.717, 1.165) is 5.02 Å². The Labute approximate surface area is 100 Å². The van der Waals surface area contributed by atoms with E-state index in [4.69, 9.17) is 17.3 Å². The quantitative estimate of drug-likeness (QED) is 0.821. The van der Waals surface area contributed by atoms with Crippen LogP contribution in [0.4, 0.5) is 0 Å². The van der Waals surface area contributed by atoms with Crippen LogP contribution in [0.15, 0.2) is 23.1 Å². The van der Waals surface area contributed by atoms with Crippen LogP contribution in [0.25, 0.3) is 0 Å².